The van der Waals surface area contributed by atoms with E-state index in [1.165, 1.54) is 0 Å². The minimum Gasteiger partial charge on any atom is -0.390 e. The lowest BCUT2D eigenvalue weighted by atomic mass is 10.3. The van der Waals surface area contributed by atoms with Crippen LogP contribution in [-0.2, 0) is 0 Å². The number of alkyl halides is 2. The maximum absolute atomic E-state index is 12.9. The van der Waals surface area contributed by atoms with Gasteiger partial charge in [0.15, 0.2) is 0 Å². The third-order valence-corrected chi connectivity index (χ3v) is 2.42. The molecule has 0 unspecified atom stereocenters. The molecule has 7 nitrogen and oxygen atoms in total. The summed E-state index contributed by atoms with van der Waals surface area (Å²) in [4.78, 5) is 13.5. The molecule has 4 N–H and O–H groups in total. The van der Waals surface area contributed by atoms with E-state index in [9.17, 15) is 8.78 Å². The van der Waals surface area contributed by atoms with Crippen molar-refractivity contribution in [1.29, 1.82) is 0 Å². The normalized spacial score (nSPS) is 11.4. The Labute approximate surface area is 109 Å². The molecule has 0 radical (unpaired) electrons. The van der Waals surface area contributed by atoms with E-state index >= 15 is 0 Å². The fraction of sp³-hybridized carbons (Fsp3) is 0.700. The average Bonchev–Trinajstić information content (AvgIpc) is 2.37. The highest BCUT2D eigenvalue weighted by Gasteiger charge is 2.27. The lowest BCUT2D eigenvalue weighted by molar-refractivity contribution is -0.0374. The van der Waals surface area contributed by atoms with E-state index in [-0.39, 0.29) is 11.9 Å². The van der Waals surface area contributed by atoms with Gasteiger partial charge in [-0.25, -0.2) is 8.78 Å². The molecule has 0 aliphatic rings. The van der Waals surface area contributed by atoms with E-state index in [0.717, 1.165) is 0 Å². The molecule has 108 valence electrons. The number of aliphatic hydroxyl groups excluding tert-OH is 1. The van der Waals surface area contributed by atoms with Crippen LogP contribution in [0.1, 0.15) is 13.8 Å². The molecule has 0 aromatic carbocycles. The first kappa shape index (κ1) is 15.3. The summed E-state index contributed by atoms with van der Waals surface area (Å²) in [6, 6.07) is 0. The smallest absolute Gasteiger partial charge is 0.287 e. The lowest BCUT2D eigenvalue weighted by Gasteiger charge is -2.19. The van der Waals surface area contributed by atoms with Crippen LogP contribution in [0.5, 0.6) is 0 Å². The number of anilines is 3. The number of aromatic nitrogens is 3. The molecule has 0 bridgehead atoms. The summed E-state index contributed by atoms with van der Waals surface area (Å²) in [5, 5.41) is 10.8. The van der Waals surface area contributed by atoms with Crippen molar-refractivity contribution >= 4 is 17.8 Å². The summed E-state index contributed by atoms with van der Waals surface area (Å²) in [5.41, 5.74) is 5.51. The van der Waals surface area contributed by atoms with Gasteiger partial charge in [0.1, 0.15) is 6.61 Å². The molecule has 0 aliphatic carbocycles. The summed E-state index contributed by atoms with van der Waals surface area (Å²) in [6.07, 6.45) is 0. The number of nitrogen functional groups attached to an aromatic ring is 1. The fourth-order valence-electron chi connectivity index (χ4n) is 1.37. The lowest BCUT2D eigenvalue weighted by Crippen LogP contribution is -2.32. The van der Waals surface area contributed by atoms with Crippen molar-refractivity contribution in [2.24, 2.45) is 0 Å². The molecule has 0 saturated heterocycles. The van der Waals surface area contributed by atoms with Gasteiger partial charge in [-0.15, -0.1) is 0 Å². The maximum Gasteiger partial charge on any atom is 0.287 e. The first-order valence-corrected chi connectivity index (χ1v) is 5.91. The zero-order chi connectivity index (χ0) is 14.5. The van der Waals surface area contributed by atoms with E-state index in [0.29, 0.717) is 19.0 Å². The Bertz CT molecular complexity index is 413. The molecule has 0 spiro atoms. The molecule has 0 fully saturated rings. The van der Waals surface area contributed by atoms with Gasteiger partial charge >= 0.3 is 0 Å². The number of rotatable bonds is 7. The molecule has 1 heterocycles. The van der Waals surface area contributed by atoms with Crippen LogP contribution in [0.2, 0.25) is 0 Å². The minimum absolute atomic E-state index is 0.0393. The van der Waals surface area contributed by atoms with Crippen molar-refractivity contribution in [1.82, 2.24) is 15.0 Å². The van der Waals surface area contributed by atoms with Crippen LogP contribution in [0.15, 0.2) is 0 Å². The van der Waals surface area contributed by atoms with Gasteiger partial charge in [0.05, 0.1) is 6.54 Å². The molecule has 1 aromatic rings. The number of halogens is 2. The highest BCUT2D eigenvalue weighted by molar-refractivity contribution is 5.41. The van der Waals surface area contributed by atoms with Crippen LogP contribution in [0.25, 0.3) is 0 Å². The summed E-state index contributed by atoms with van der Waals surface area (Å²) < 4.78 is 25.8. The number of aliphatic hydroxyl groups is 1. The Kier molecular flexibility index (Phi) is 5.16. The van der Waals surface area contributed by atoms with Gasteiger partial charge in [-0.2, -0.15) is 15.0 Å². The number of nitrogens with zero attached hydrogens (tertiary/aromatic N) is 4. The molecule has 0 amide bonds. The Balaban J connectivity index is 2.85. The topological polar surface area (TPSA) is 100 Å². The standard InChI is InChI=1S/C10H18F2N6O/c1-3-18(4-2)9-16-7(13)15-8(17-9)14-5-10(11,12)6-19/h19H,3-6H2,1-2H3,(H3,13,14,15,16,17). The van der Waals surface area contributed by atoms with Gasteiger partial charge in [0, 0.05) is 13.1 Å². The third kappa shape index (κ3) is 4.43. The zero-order valence-corrected chi connectivity index (χ0v) is 10.9. The van der Waals surface area contributed by atoms with Gasteiger partial charge in [0.25, 0.3) is 5.92 Å². The van der Waals surface area contributed by atoms with Crippen molar-refractivity contribution in [2.75, 3.05) is 42.2 Å². The SMILES string of the molecule is CCN(CC)c1nc(N)nc(NCC(F)(F)CO)n1. The quantitative estimate of drug-likeness (QED) is 0.660. The van der Waals surface area contributed by atoms with Gasteiger partial charge in [-0.05, 0) is 13.8 Å². The maximum atomic E-state index is 12.9. The van der Waals surface area contributed by atoms with Crippen LogP contribution in [-0.4, -0.2) is 52.2 Å². The largest absolute Gasteiger partial charge is 0.390 e. The second kappa shape index (κ2) is 6.41. The Morgan fingerprint density at radius 2 is 1.89 bits per heavy atom. The van der Waals surface area contributed by atoms with E-state index in [2.05, 4.69) is 20.3 Å². The number of hydrogen-bond acceptors (Lipinski definition) is 7. The van der Waals surface area contributed by atoms with Crippen molar-refractivity contribution in [2.45, 2.75) is 19.8 Å². The summed E-state index contributed by atoms with van der Waals surface area (Å²) in [5.74, 6) is -3.00. The monoisotopic (exact) mass is 276 g/mol. The van der Waals surface area contributed by atoms with E-state index in [1.54, 1.807) is 0 Å². The highest BCUT2D eigenvalue weighted by atomic mass is 19.3. The van der Waals surface area contributed by atoms with Crippen molar-refractivity contribution in [3.63, 3.8) is 0 Å². The molecular formula is C10H18F2N6O. The first-order valence-electron chi connectivity index (χ1n) is 5.91. The second-order valence-corrected chi connectivity index (χ2v) is 3.86. The van der Waals surface area contributed by atoms with E-state index < -0.39 is 19.1 Å². The summed E-state index contributed by atoms with van der Waals surface area (Å²) >= 11 is 0. The number of nitrogens with two attached hydrogens (primary N) is 1. The Morgan fingerprint density at radius 1 is 1.26 bits per heavy atom. The zero-order valence-electron chi connectivity index (χ0n) is 10.9. The first-order chi connectivity index (χ1) is 8.91. The van der Waals surface area contributed by atoms with Crippen LogP contribution in [0, 0.1) is 0 Å². The Morgan fingerprint density at radius 3 is 2.42 bits per heavy atom. The summed E-state index contributed by atoms with van der Waals surface area (Å²) in [7, 11) is 0. The molecule has 0 aliphatic heterocycles. The minimum atomic E-state index is -3.24. The number of nitrogens with one attached hydrogen (secondary N) is 1. The molecule has 1 aromatic heterocycles. The van der Waals surface area contributed by atoms with Crippen LogP contribution >= 0.6 is 0 Å². The molecule has 0 atom stereocenters. The van der Waals surface area contributed by atoms with E-state index in [4.69, 9.17) is 10.8 Å². The predicted octanol–water partition coefficient (Wildman–Crippen LogP) is 0.339. The fourth-order valence-corrected chi connectivity index (χ4v) is 1.37. The average molecular weight is 276 g/mol. The molecule has 0 saturated carbocycles. The van der Waals surface area contributed by atoms with Gasteiger partial charge < -0.3 is 21.1 Å². The van der Waals surface area contributed by atoms with Crippen LogP contribution < -0.4 is 16.0 Å². The molecular weight excluding hydrogens is 258 g/mol. The predicted molar refractivity (Wildman–Crippen MR) is 68.3 cm³/mol. The Hall–Kier alpha value is -1.77. The van der Waals surface area contributed by atoms with Gasteiger partial charge in [0.2, 0.25) is 17.8 Å². The van der Waals surface area contributed by atoms with Gasteiger partial charge in [-0.3, -0.25) is 0 Å². The molecule has 1 rings (SSSR count). The second-order valence-electron chi connectivity index (χ2n) is 3.86. The third-order valence-electron chi connectivity index (χ3n) is 2.42. The molecule has 19 heavy (non-hydrogen) atoms. The van der Waals surface area contributed by atoms with Crippen LogP contribution in [0.4, 0.5) is 26.6 Å². The summed E-state index contributed by atoms with van der Waals surface area (Å²) in [6.45, 7) is 3.12. The van der Waals surface area contributed by atoms with Crippen molar-refractivity contribution in [3.8, 4) is 0 Å². The van der Waals surface area contributed by atoms with Crippen molar-refractivity contribution in [3.05, 3.63) is 0 Å². The highest BCUT2D eigenvalue weighted by Crippen LogP contribution is 2.15. The van der Waals surface area contributed by atoms with Crippen molar-refractivity contribution < 1.29 is 13.9 Å². The van der Waals surface area contributed by atoms with Gasteiger partial charge in [-0.1, -0.05) is 0 Å². The molecule has 9 heteroatoms. The van der Waals surface area contributed by atoms with E-state index in [1.807, 2.05) is 18.7 Å². The van der Waals surface area contributed by atoms with Crippen LogP contribution in [0.3, 0.4) is 0 Å². The number of hydrogen-bond donors (Lipinski definition) is 3.